The van der Waals surface area contributed by atoms with Gasteiger partial charge in [0.2, 0.25) is 0 Å². The van der Waals surface area contributed by atoms with Crippen LogP contribution < -0.4 is 10.6 Å². The molecule has 288 valence electrons. The number of nitrogens with zero attached hydrogens (tertiary/aromatic N) is 4. The number of piperidine rings is 2. The van der Waals surface area contributed by atoms with Gasteiger partial charge in [0.1, 0.15) is 6.67 Å². The van der Waals surface area contributed by atoms with E-state index in [1.165, 1.54) is 22.3 Å². The van der Waals surface area contributed by atoms with E-state index in [4.69, 9.17) is 9.47 Å². The predicted octanol–water partition coefficient (Wildman–Crippen LogP) is 6.05. The summed E-state index contributed by atoms with van der Waals surface area (Å²) in [6.45, 7) is 13.7. The first-order valence-electron chi connectivity index (χ1n) is 19.3. The number of hydrogen-bond acceptors (Lipinski definition) is 8. The smallest absolute Gasteiger partial charge is 0.107 e. The summed E-state index contributed by atoms with van der Waals surface area (Å²) >= 11 is 0. The number of fused-ring (bicyclic) bond motifs is 2. The van der Waals surface area contributed by atoms with E-state index in [-0.39, 0.29) is 12.8 Å². The van der Waals surface area contributed by atoms with Gasteiger partial charge in [-0.3, -0.25) is 0 Å². The van der Waals surface area contributed by atoms with Crippen LogP contribution in [0.3, 0.4) is 0 Å². The third-order valence-corrected chi connectivity index (χ3v) is 10.6. The number of anilines is 2. The first kappa shape index (κ1) is 40.0. The molecule has 0 saturated carbocycles. The van der Waals surface area contributed by atoms with Gasteiger partial charge < -0.3 is 49.3 Å². The molecule has 10 nitrogen and oxygen atoms in total. The van der Waals surface area contributed by atoms with Crippen molar-refractivity contribution in [3.05, 3.63) is 59.9 Å². The van der Waals surface area contributed by atoms with Crippen LogP contribution in [0.25, 0.3) is 21.8 Å². The molecular weight excluding hydrogens is 659 g/mol. The average Bonchev–Trinajstić information content (AvgIpc) is 3.63. The Balaban J connectivity index is 0.000000201. The Hall–Kier alpha value is -3.19. The summed E-state index contributed by atoms with van der Waals surface area (Å²) in [7, 11) is 3.25. The van der Waals surface area contributed by atoms with Crippen LogP contribution in [0.15, 0.2) is 48.5 Å². The molecule has 6 rings (SSSR count). The third-order valence-electron chi connectivity index (χ3n) is 10.6. The van der Waals surface area contributed by atoms with Crippen molar-refractivity contribution in [3.8, 4) is 0 Å². The highest BCUT2D eigenvalue weighted by Gasteiger charge is 2.23. The van der Waals surface area contributed by atoms with E-state index < -0.39 is 6.10 Å². The molecule has 2 unspecified atom stereocenters. The van der Waals surface area contributed by atoms with Gasteiger partial charge in [-0.2, -0.15) is 0 Å². The fourth-order valence-corrected chi connectivity index (χ4v) is 8.03. The molecule has 2 atom stereocenters. The molecule has 2 fully saturated rings. The number of ether oxygens (including phenoxy) is 2. The SMILES string of the molecule is CCCn1c(C)cc2c(NC3CCN(CC(O)COC)CC3)cccc21.COCC(O)CN1CCC(Nc2cccc3c2cc(C)n3CCF)CC1. The topological polar surface area (TPSA) is 99.3 Å². The maximum absolute atomic E-state index is 12.8. The number of aromatic nitrogens is 2. The Morgan fingerprint density at radius 3 is 1.52 bits per heavy atom. The summed E-state index contributed by atoms with van der Waals surface area (Å²) in [5.41, 5.74) is 7.21. The molecule has 4 heterocycles. The Bertz CT molecular complexity index is 1540. The molecule has 0 bridgehead atoms. The average molecular weight is 723 g/mol. The molecule has 2 aromatic carbocycles. The zero-order chi connectivity index (χ0) is 37.0. The van der Waals surface area contributed by atoms with Crippen molar-refractivity contribution in [2.75, 3.05) is 84.0 Å². The first-order valence-corrected chi connectivity index (χ1v) is 19.3. The number of aliphatic hydroxyl groups excluding tert-OH is 2. The molecular formula is C41H63FN6O4. The normalized spacial score (nSPS) is 17.7. The minimum absolute atomic E-state index is 0.352. The summed E-state index contributed by atoms with van der Waals surface area (Å²) in [6, 6.07) is 18.1. The van der Waals surface area contributed by atoms with Crippen molar-refractivity contribution < 1.29 is 24.1 Å². The van der Waals surface area contributed by atoms with Gasteiger partial charge in [-0.15, -0.1) is 0 Å². The summed E-state index contributed by atoms with van der Waals surface area (Å²) in [5, 5.41) is 29.7. The standard InChI is InChI=1S/C21H33N3O2.C20H30FN3O2/c1-4-10-24-16(2)13-19-20(6-5-7-21(19)24)22-17-8-11-23(12-9-17)14-18(25)15-26-3;1-15-12-18-19(4-3-5-20(18)24(15)11-8-21)22-16-6-9-23(10-7-16)13-17(25)14-26-2/h5-7,13,17-18,22,25H,4,8-12,14-15H2,1-3H3;3-5,12,16-17,22,25H,6-11,13-14H2,1-2H3. The number of rotatable bonds is 16. The van der Waals surface area contributed by atoms with Crippen LogP contribution in [0.2, 0.25) is 0 Å². The second-order valence-corrected chi connectivity index (χ2v) is 14.7. The van der Waals surface area contributed by atoms with E-state index in [2.05, 4.69) is 81.3 Å². The van der Waals surface area contributed by atoms with Crippen LogP contribution in [-0.2, 0) is 22.6 Å². The number of hydrogen-bond donors (Lipinski definition) is 4. The number of nitrogens with one attached hydrogen (secondary N) is 2. The van der Waals surface area contributed by atoms with Gasteiger partial charge in [-0.25, -0.2) is 4.39 Å². The predicted molar refractivity (Wildman–Crippen MR) is 212 cm³/mol. The highest BCUT2D eigenvalue weighted by Crippen LogP contribution is 2.30. The molecule has 2 aromatic heterocycles. The maximum atomic E-state index is 12.8. The number of β-amino-alcohol motifs (C(OH)–C–C–N with tert-alkyl or cyclic N) is 2. The second kappa shape index (κ2) is 19.8. The number of likely N-dealkylation sites (tertiary alicyclic amines) is 2. The minimum Gasteiger partial charge on any atom is -0.389 e. The zero-order valence-corrected chi connectivity index (χ0v) is 32.1. The maximum Gasteiger partial charge on any atom is 0.107 e. The van der Waals surface area contributed by atoms with Gasteiger partial charge in [0.15, 0.2) is 0 Å². The molecule has 2 aliphatic rings. The van der Waals surface area contributed by atoms with Gasteiger partial charge in [0, 0.05) is 106 Å². The molecule has 0 amide bonds. The van der Waals surface area contributed by atoms with Crippen molar-refractivity contribution in [3.63, 3.8) is 0 Å². The van der Waals surface area contributed by atoms with E-state index in [1.54, 1.807) is 14.2 Å². The molecule has 52 heavy (non-hydrogen) atoms. The number of benzene rings is 2. The van der Waals surface area contributed by atoms with Crippen molar-refractivity contribution >= 4 is 33.2 Å². The number of aryl methyl sites for hydroxylation is 4. The van der Waals surface area contributed by atoms with Gasteiger partial charge in [0.05, 0.1) is 43.0 Å². The molecule has 0 aliphatic carbocycles. The van der Waals surface area contributed by atoms with Crippen LogP contribution in [0.4, 0.5) is 15.8 Å². The molecule has 0 spiro atoms. The highest BCUT2D eigenvalue weighted by atomic mass is 19.1. The Labute approximate surface area is 309 Å². The number of aliphatic hydroxyl groups is 2. The third kappa shape index (κ3) is 10.5. The molecule has 4 N–H and O–H groups in total. The van der Waals surface area contributed by atoms with E-state index in [0.717, 1.165) is 87.1 Å². The Kier molecular flexibility index (Phi) is 15.2. The number of alkyl halides is 1. The van der Waals surface area contributed by atoms with Crippen LogP contribution in [-0.4, -0.2) is 127 Å². The van der Waals surface area contributed by atoms with E-state index in [0.29, 0.717) is 44.9 Å². The van der Waals surface area contributed by atoms with E-state index in [9.17, 15) is 14.6 Å². The summed E-state index contributed by atoms with van der Waals surface area (Å²) in [5.74, 6) is 0. The minimum atomic E-state index is -0.420. The fourth-order valence-electron chi connectivity index (χ4n) is 8.03. The van der Waals surface area contributed by atoms with Crippen molar-refractivity contribution in [2.24, 2.45) is 0 Å². The lowest BCUT2D eigenvalue weighted by atomic mass is 10.0. The Morgan fingerprint density at radius 2 is 1.13 bits per heavy atom. The highest BCUT2D eigenvalue weighted by molar-refractivity contribution is 5.94. The first-order chi connectivity index (χ1) is 25.2. The summed E-state index contributed by atoms with van der Waals surface area (Å²) < 4.78 is 27.3. The fraction of sp³-hybridized carbons (Fsp3) is 0.610. The van der Waals surface area contributed by atoms with E-state index >= 15 is 0 Å². The van der Waals surface area contributed by atoms with Crippen molar-refractivity contribution in [2.45, 2.75) is 90.3 Å². The molecule has 2 aliphatic heterocycles. The lowest BCUT2D eigenvalue weighted by Gasteiger charge is -2.34. The molecule has 0 radical (unpaired) electrons. The summed E-state index contributed by atoms with van der Waals surface area (Å²) in [6.07, 6.45) is 4.63. The van der Waals surface area contributed by atoms with Crippen molar-refractivity contribution in [1.82, 2.24) is 18.9 Å². The monoisotopic (exact) mass is 722 g/mol. The van der Waals surface area contributed by atoms with E-state index in [1.807, 2.05) is 17.6 Å². The lowest BCUT2D eigenvalue weighted by molar-refractivity contribution is 0.0326. The number of halogens is 1. The van der Waals surface area contributed by atoms with Crippen molar-refractivity contribution in [1.29, 1.82) is 0 Å². The largest absolute Gasteiger partial charge is 0.389 e. The second-order valence-electron chi connectivity index (χ2n) is 14.7. The van der Waals surface area contributed by atoms with Gasteiger partial charge in [0.25, 0.3) is 0 Å². The van der Waals surface area contributed by atoms with Crippen LogP contribution in [0.5, 0.6) is 0 Å². The Morgan fingerprint density at radius 1 is 0.712 bits per heavy atom. The van der Waals surface area contributed by atoms with Crippen LogP contribution >= 0.6 is 0 Å². The van der Waals surface area contributed by atoms with Gasteiger partial charge in [-0.1, -0.05) is 19.1 Å². The van der Waals surface area contributed by atoms with Crippen LogP contribution in [0, 0.1) is 13.8 Å². The molecule has 2 saturated heterocycles. The van der Waals surface area contributed by atoms with Gasteiger partial charge >= 0.3 is 0 Å². The quantitative estimate of drug-likeness (QED) is 0.111. The summed E-state index contributed by atoms with van der Waals surface area (Å²) in [4.78, 5) is 4.63. The molecule has 11 heteroatoms. The van der Waals surface area contributed by atoms with Gasteiger partial charge in [-0.05, 0) is 82.3 Å². The molecule has 4 aromatic rings. The zero-order valence-electron chi connectivity index (χ0n) is 32.1. The number of methoxy groups -OCH3 is 2. The van der Waals surface area contributed by atoms with Crippen LogP contribution in [0.1, 0.15) is 50.4 Å². The lowest BCUT2D eigenvalue weighted by Crippen LogP contribution is -2.43.